The van der Waals surface area contributed by atoms with E-state index in [0.29, 0.717) is 23.7 Å². The van der Waals surface area contributed by atoms with Gasteiger partial charge in [0.2, 0.25) is 0 Å². The summed E-state index contributed by atoms with van der Waals surface area (Å²) in [6.07, 6.45) is 25.8. The molecule has 5 aliphatic carbocycles. The van der Waals surface area contributed by atoms with Crippen LogP contribution in [0.25, 0.3) is 22.3 Å². The second-order valence-corrected chi connectivity index (χ2v) is 13.2. The van der Waals surface area contributed by atoms with Gasteiger partial charge >= 0.3 is 0 Å². The zero-order valence-electron chi connectivity index (χ0n) is 25.4. The van der Waals surface area contributed by atoms with Crippen molar-refractivity contribution in [2.45, 2.75) is 63.2 Å². The molecule has 3 aromatic carbocycles. The van der Waals surface area contributed by atoms with Gasteiger partial charge in [-0.15, -0.1) is 0 Å². The van der Waals surface area contributed by atoms with Gasteiger partial charge in [0.1, 0.15) is 0 Å². The average molecular weight is 570 g/mol. The Morgan fingerprint density at radius 2 is 1.55 bits per heavy atom. The maximum atomic E-state index is 10.0. The molecule has 0 fully saturated rings. The van der Waals surface area contributed by atoms with Crippen molar-refractivity contribution in [3.8, 4) is 17.2 Å². The van der Waals surface area contributed by atoms with Crippen molar-refractivity contribution in [1.82, 2.24) is 0 Å². The molecule has 0 aliphatic heterocycles. The molecule has 0 aromatic heterocycles. The Hall–Kier alpha value is -4.41. The van der Waals surface area contributed by atoms with E-state index in [9.17, 15) is 5.26 Å². The molecule has 0 radical (unpaired) electrons. The third-order valence-electron chi connectivity index (χ3n) is 10.8. The van der Waals surface area contributed by atoms with Crippen LogP contribution in [0, 0.1) is 23.2 Å². The van der Waals surface area contributed by atoms with Gasteiger partial charge in [0.15, 0.2) is 0 Å². The first-order valence-corrected chi connectivity index (χ1v) is 16.6. The molecule has 1 nitrogen and oxygen atoms in total. The highest BCUT2D eigenvalue weighted by molar-refractivity contribution is 5.84. The molecule has 0 N–H and O–H groups in total. The second-order valence-electron chi connectivity index (χ2n) is 13.2. The van der Waals surface area contributed by atoms with E-state index in [1.54, 1.807) is 16.7 Å². The van der Waals surface area contributed by atoms with Crippen molar-refractivity contribution < 1.29 is 0 Å². The normalized spacial score (nSPS) is 25.6. The summed E-state index contributed by atoms with van der Waals surface area (Å²) in [6.45, 7) is 0. The van der Waals surface area contributed by atoms with Gasteiger partial charge in [-0.1, -0.05) is 121 Å². The second kappa shape index (κ2) is 11.6. The quantitative estimate of drug-likeness (QED) is 0.287. The number of hydrogen-bond acceptors (Lipinski definition) is 1. The van der Waals surface area contributed by atoms with Crippen molar-refractivity contribution >= 4 is 11.1 Å². The lowest BCUT2D eigenvalue weighted by molar-refractivity contribution is 0.471. The van der Waals surface area contributed by atoms with Gasteiger partial charge in [0, 0.05) is 11.8 Å². The molecule has 4 atom stereocenters. The van der Waals surface area contributed by atoms with Gasteiger partial charge in [0.25, 0.3) is 0 Å². The number of fused-ring (bicyclic) bond motifs is 5. The highest BCUT2D eigenvalue weighted by Gasteiger charge is 2.35. The number of rotatable bonds is 4. The summed E-state index contributed by atoms with van der Waals surface area (Å²) in [5, 5.41) is 10.0. The van der Waals surface area contributed by atoms with Crippen LogP contribution < -0.4 is 0 Å². The highest BCUT2D eigenvalue weighted by Crippen LogP contribution is 2.51. The van der Waals surface area contributed by atoms with Crippen LogP contribution in [0.15, 0.2) is 132 Å². The molecule has 0 amide bonds. The topological polar surface area (TPSA) is 23.8 Å². The Balaban J connectivity index is 1.08. The van der Waals surface area contributed by atoms with Crippen molar-refractivity contribution in [3.05, 3.63) is 154 Å². The molecule has 3 aromatic rings. The SMILES string of the molecule is N#CC1=CC(C2=CC(c3cccc(-c4ccc5c(c4)C4CC=CCC4C4=C5CCC=C4)c3)CCC2)CC=C1c1ccccc1. The van der Waals surface area contributed by atoms with E-state index in [-0.39, 0.29) is 0 Å². The number of allylic oxidation sites excluding steroid dienone is 12. The van der Waals surface area contributed by atoms with Gasteiger partial charge in [-0.2, -0.15) is 5.26 Å². The maximum Gasteiger partial charge on any atom is 0.0994 e. The first-order chi connectivity index (χ1) is 21.8. The molecule has 216 valence electrons. The Labute approximate surface area is 262 Å². The minimum atomic E-state index is 0.315. The number of nitrogens with zero attached hydrogens (tertiary/aromatic N) is 1. The summed E-state index contributed by atoms with van der Waals surface area (Å²) in [6, 6.07) is 29.5. The van der Waals surface area contributed by atoms with Gasteiger partial charge in [-0.05, 0) is 113 Å². The van der Waals surface area contributed by atoms with Crippen LogP contribution >= 0.6 is 0 Å². The Bertz CT molecular complexity index is 1830. The molecule has 0 saturated carbocycles. The van der Waals surface area contributed by atoms with Crippen molar-refractivity contribution in [2.24, 2.45) is 11.8 Å². The van der Waals surface area contributed by atoms with Gasteiger partial charge in [0.05, 0.1) is 11.6 Å². The fourth-order valence-corrected chi connectivity index (χ4v) is 8.58. The third kappa shape index (κ3) is 4.88. The fourth-order valence-electron chi connectivity index (χ4n) is 8.58. The van der Waals surface area contributed by atoms with Crippen LogP contribution in [-0.2, 0) is 0 Å². The van der Waals surface area contributed by atoms with Crippen LogP contribution in [0.5, 0.6) is 0 Å². The van der Waals surface area contributed by atoms with E-state index in [1.807, 2.05) is 6.07 Å². The molecule has 5 aliphatic rings. The van der Waals surface area contributed by atoms with Crippen LogP contribution in [0.1, 0.15) is 85.5 Å². The van der Waals surface area contributed by atoms with Crippen molar-refractivity contribution in [2.75, 3.05) is 0 Å². The predicted octanol–water partition coefficient (Wildman–Crippen LogP) is 11.3. The molecule has 1 heteroatoms. The smallest absolute Gasteiger partial charge is 0.0994 e. The Morgan fingerprint density at radius 1 is 0.705 bits per heavy atom. The summed E-state index contributed by atoms with van der Waals surface area (Å²) in [5.41, 5.74) is 14.9. The van der Waals surface area contributed by atoms with Crippen molar-refractivity contribution in [1.29, 1.82) is 5.26 Å². The van der Waals surface area contributed by atoms with Crippen LogP contribution in [-0.4, -0.2) is 0 Å². The lowest BCUT2D eigenvalue weighted by Crippen LogP contribution is -2.24. The van der Waals surface area contributed by atoms with Gasteiger partial charge < -0.3 is 0 Å². The number of nitriles is 1. The lowest BCUT2D eigenvalue weighted by Gasteiger charge is -2.39. The minimum absolute atomic E-state index is 0.315. The zero-order valence-corrected chi connectivity index (χ0v) is 25.4. The van der Waals surface area contributed by atoms with E-state index in [2.05, 4.69) is 115 Å². The first kappa shape index (κ1) is 27.2. The molecule has 4 unspecified atom stereocenters. The van der Waals surface area contributed by atoms with E-state index < -0.39 is 0 Å². The molecule has 0 saturated heterocycles. The average Bonchev–Trinajstić information content (AvgIpc) is 3.12. The third-order valence-corrected chi connectivity index (χ3v) is 10.8. The number of benzene rings is 3. The Kier molecular flexibility index (Phi) is 7.15. The summed E-state index contributed by atoms with van der Waals surface area (Å²) in [7, 11) is 0. The molecular weight excluding hydrogens is 530 g/mol. The van der Waals surface area contributed by atoms with Crippen LogP contribution in [0.3, 0.4) is 0 Å². The number of hydrogen-bond donors (Lipinski definition) is 0. The molecule has 0 heterocycles. The molecule has 0 bridgehead atoms. The summed E-state index contributed by atoms with van der Waals surface area (Å²) in [5.74, 6) is 1.95. The van der Waals surface area contributed by atoms with E-state index in [1.165, 1.54) is 53.5 Å². The largest absolute Gasteiger partial charge is 0.192 e. The van der Waals surface area contributed by atoms with Crippen LogP contribution in [0.2, 0.25) is 0 Å². The summed E-state index contributed by atoms with van der Waals surface area (Å²) < 4.78 is 0. The highest BCUT2D eigenvalue weighted by atomic mass is 14.4. The van der Waals surface area contributed by atoms with Gasteiger partial charge in [-0.3, -0.25) is 0 Å². The molecule has 8 rings (SSSR count). The van der Waals surface area contributed by atoms with E-state index in [4.69, 9.17) is 0 Å². The molecule has 0 spiro atoms. The Morgan fingerprint density at radius 3 is 2.43 bits per heavy atom. The standard InChI is InChI=1S/C43H39N/c44-28-36-26-34(20-22-37(36)29-10-2-1-3-11-29)32-14-8-12-30(24-32)31-13-9-15-33(25-31)35-21-23-42-40-18-5-4-16-38(40)39-17-6-7-19-41(39)43(42)27-35/h1-4,6-7,9-11,13,15-16,21-27,30,34,39,41H,5,8,12,14,17-20H2. The van der Waals surface area contributed by atoms with E-state index in [0.717, 1.165) is 42.4 Å². The predicted molar refractivity (Wildman–Crippen MR) is 183 cm³/mol. The fraction of sp³-hybridized carbons (Fsp3) is 0.279. The molecular formula is C43H39N. The van der Waals surface area contributed by atoms with Crippen molar-refractivity contribution in [3.63, 3.8) is 0 Å². The molecule has 44 heavy (non-hydrogen) atoms. The lowest BCUT2D eigenvalue weighted by atomic mass is 9.65. The van der Waals surface area contributed by atoms with E-state index >= 15 is 0 Å². The zero-order chi connectivity index (χ0) is 29.5. The summed E-state index contributed by atoms with van der Waals surface area (Å²) >= 11 is 0. The minimum Gasteiger partial charge on any atom is -0.192 e. The first-order valence-electron chi connectivity index (χ1n) is 16.6. The summed E-state index contributed by atoms with van der Waals surface area (Å²) in [4.78, 5) is 0. The van der Waals surface area contributed by atoms with Crippen LogP contribution in [0.4, 0.5) is 0 Å². The van der Waals surface area contributed by atoms with Gasteiger partial charge in [-0.25, -0.2) is 0 Å². The maximum absolute atomic E-state index is 10.0. The monoisotopic (exact) mass is 569 g/mol.